The highest BCUT2D eigenvalue weighted by Crippen LogP contribution is 2.25. The van der Waals surface area contributed by atoms with Crippen molar-refractivity contribution in [2.45, 2.75) is 45.4 Å². The molecule has 0 aromatic carbocycles. The number of aliphatic hydroxyl groups is 4. The molecule has 0 unspecified atom stereocenters. The second kappa shape index (κ2) is 22.9. The van der Waals surface area contributed by atoms with E-state index in [9.17, 15) is 0 Å². The van der Waals surface area contributed by atoms with Gasteiger partial charge in [-0.25, -0.2) is 4.57 Å². The predicted molar refractivity (Wildman–Crippen MR) is 92.4 cm³/mol. The zero-order valence-corrected chi connectivity index (χ0v) is 15.5. The van der Waals surface area contributed by atoms with Crippen LogP contribution >= 0.6 is 7.82 Å². The molecular formula is C14H36NO8P. The Morgan fingerprint density at radius 1 is 0.667 bits per heavy atom. The molecule has 150 valence electrons. The van der Waals surface area contributed by atoms with Crippen molar-refractivity contribution in [1.82, 2.24) is 4.90 Å². The first-order valence-electron chi connectivity index (χ1n) is 8.20. The summed E-state index contributed by atoms with van der Waals surface area (Å²) in [7, 11) is -4.64. The lowest BCUT2D eigenvalue weighted by molar-refractivity contribution is 0.136. The topological polar surface area (TPSA) is 162 Å². The lowest BCUT2D eigenvalue weighted by Gasteiger charge is -2.17. The third kappa shape index (κ3) is 43.1. The van der Waals surface area contributed by atoms with E-state index in [1.54, 1.807) is 4.90 Å². The fourth-order valence-electron chi connectivity index (χ4n) is 1.65. The van der Waals surface area contributed by atoms with E-state index in [1.165, 1.54) is 32.1 Å². The Morgan fingerprint density at radius 3 is 1.29 bits per heavy atom. The van der Waals surface area contributed by atoms with Crippen LogP contribution in [0.25, 0.3) is 0 Å². The minimum atomic E-state index is -4.64. The van der Waals surface area contributed by atoms with Crippen molar-refractivity contribution in [1.29, 1.82) is 0 Å². The summed E-state index contributed by atoms with van der Waals surface area (Å²) in [5.74, 6) is 0. The Balaban J connectivity index is -0.000000291. The molecule has 0 saturated carbocycles. The van der Waals surface area contributed by atoms with Crippen LogP contribution < -0.4 is 0 Å². The summed E-state index contributed by atoms with van der Waals surface area (Å²) in [4.78, 5) is 23.4. The monoisotopic (exact) mass is 377 g/mol. The van der Waals surface area contributed by atoms with Crippen molar-refractivity contribution in [3.63, 3.8) is 0 Å². The number of unbranched alkanes of at least 4 members (excludes halogenated alkanes) is 5. The first-order chi connectivity index (χ1) is 11.3. The molecule has 10 heteroatoms. The van der Waals surface area contributed by atoms with Crippen LogP contribution in [0, 0.1) is 0 Å². The lowest BCUT2D eigenvalue weighted by atomic mass is 10.1. The molecule has 0 aliphatic rings. The molecule has 0 fully saturated rings. The van der Waals surface area contributed by atoms with Gasteiger partial charge in [0.15, 0.2) is 0 Å². The summed E-state index contributed by atoms with van der Waals surface area (Å²) in [6.45, 7) is 4.33. The van der Waals surface area contributed by atoms with E-state index in [4.69, 9.17) is 39.7 Å². The van der Waals surface area contributed by atoms with Crippen molar-refractivity contribution in [2.75, 3.05) is 46.1 Å². The number of nitrogens with zero attached hydrogens (tertiary/aromatic N) is 1. The summed E-state index contributed by atoms with van der Waals surface area (Å²) in [5.41, 5.74) is 0. The molecule has 0 aromatic heterocycles. The van der Waals surface area contributed by atoms with Crippen LogP contribution in [0.4, 0.5) is 0 Å². The van der Waals surface area contributed by atoms with Gasteiger partial charge in [0.05, 0.1) is 19.8 Å². The summed E-state index contributed by atoms with van der Waals surface area (Å²) >= 11 is 0. The van der Waals surface area contributed by atoms with Crippen LogP contribution in [-0.2, 0) is 4.57 Å². The highest BCUT2D eigenvalue weighted by Gasteiger charge is 2.00. The van der Waals surface area contributed by atoms with Crippen LogP contribution in [0.1, 0.15) is 45.4 Å². The number of aliphatic hydroxyl groups excluding tert-OH is 4. The Bertz CT molecular complexity index is 237. The molecule has 0 bridgehead atoms. The van der Waals surface area contributed by atoms with Gasteiger partial charge in [-0.3, -0.25) is 4.90 Å². The minimum Gasteiger partial charge on any atom is -0.396 e. The van der Waals surface area contributed by atoms with Crippen LogP contribution in [0.3, 0.4) is 0 Å². The largest absolute Gasteiger partial charge is 0.466 e. The van der Waals surface area contributed by atoms with Gasteiger partial charge in [-0.2, -0.15) is 0 Å². The zero-order valence-electron chi connectivity index (χ0n) is 14.6. The molecule has 9 nitrogen and oxygen atoms in total. The van der Waals surface area contributed by atoms with Gasteiger partial charge in [0, 0.05) is 26.2 Å². The third-order valence-corrected chi connectivity index (χ3v) is 2.76. The summed E-state index contributed by atoms with van der Waals surface area (Å²) < 4.78 is 8.88. The molecule has 7 N–H and O–H groups in total. The van der Waals surface area contributed by atoms with E-state index in [0.29, 0.717) is 26.2 Å². The van der Waals surface area contributed by atoms with Gasteiger partial charge in [0.2, 0.25) is 0 Å². The van der Waals surface area contributed by atoms with Crippen LogP contribution in [0.15, 0.2) is 0 Å². The van der Waals surface area contributed by atoms with Crippen molar-refractivity contribution in [2.24, 2.45) is 0 Å². The summed E-state index contributed by atoms with van der Waals surface area (Å²) in [6, 6.07) is 0. The number of hydrogen-bond acceptors (Lipinski definition) is 6. The third-order valence-electron chi connectivity index (χ3n) is 2.76. The molecule has 0 heterocycles. The van der Waals surface area contributed by atoms with Gasteiger partial charge in [0.1, 0.15) is 0 Å². The first kappa shape index (κ1) is 28.7. The van der Waals surface area contributed by atoms with Gasteiger partial charge < -0.3 is 35.1 Å². The summed E-state index contributed by atoms with van der Waals surface area (Å²) in [5, 5.41) is 33.9. The Kier molecular flexibility index (Phi) is 27.4. The van der Waals surface area contributed by atoms with E-state index >= 15 is 0 Å². The first-order valence-corrected chi connectivity index (χ1v) is 9.77. The molecule has 0 atom stereocenters. The average Bonchev–Trinajstić information content (AvgIpc) is 2.47. The number of hydrogen-bond donors (Lipinski definition) is 7. The van der Waals surface area contributed by atoms with Crippen molar-refractivity contribution >= 4 is 7.82 Å². The second-order valence-electron chi connectivity index (χ2n) is 5.02. The van der Waals surface area contributed by atoms with Gasteiger partial charge >= 0.3 is 7.82 Å². The van der Waals surface area contributed by atoms with Crippen LogP contribution in [-0.4, -0.2) is 86.1 Å². The molecule has 0 rings (SSSR count). The number of phosphoric acid groups is 1. The predicted octanol–water partition coefficient (Wildman–Crippen LogP) is -0.324. The van der Waals surface area contributed by atoms with E-state index in [1.807, 2.05) is 0 Å². The highest BCUT2D eigenvalue weighted by molar-refractivity contribution is 7.45. The quantitative estimate of drug-likeness (QED) is 0.178. The molecule has 0 aliphatic carbocycles. The molecule has 0 amide bonds. The van der Waals surface area contributed by atoms with Crippen LogP contribution in [0.5, 0.6) is 0 Å². The molecule has 0 aromatic rings. The fourth-order valence-corrected chi connectivity index (χ4v) is 1.65. The van der Waals surface area contributed by atoms with Crippen molar-refractivity contribution in [3.8, 4) is 0 Å². The van der Waals surface area contributed by atoms with E-state index in [2.05, 4.69) is 6.92 Å². The second-order valence-corrected chi connectivity index (χ2v) is 6.04. The lowest BCUT2D eigenvalue weighted by Crippen LogP contribution is -2.32. The minimum absolute atomic E-state index is 0.0694. The van der Waals surface area contributed by atoms with Crippen molar-refractivity contribution in [3.05, 3.63) is 0 Å². The maximum Gasteiger partial charge on any atom is 0.466 e. The standard InChI is InChI=1S/C8H18O.C6H15NO3.H3O4P/c1-2-3-4-5-6-7-8-9;8-4-1-7(2-5-9)3-6-10;1-5(2,3)4/h9H,2-8H2,1H3;8-10H,1-6H2;(H3,1,2,3,4). The van der Waals surface area contributed by atoms with Gasteiger partial charge in [-0.15, -0.1) is 0 Å². The molecule has 24 heavy (non-hydrogen) atoms. The molecular weight excluding hydrogens is 341 g/mol. The maximum atomic E-state index is 8.88. The smallest absolute Gasteiger partial charge is 0.396 e. The van der Waals surface area contributed by atoms with E-state index in [-0.39, 0.29) is 19.8 Å². The molecule has 0 radical (unpaired) electrons. The molecule has 0 spiro atoms. The zero-order chi connectivity index (χ0) is 19.3. The Morgan fingerprint density at radius 2 is 1.00 bits per heavy atom. The fraction of sp³-hybridized carbons (Fsp3) is 1.00. The highest BCUT2D eigenvalue weighted by atomic mass is 31.2. The molecule has 0 aliphatic heterocycles. The van der Waals surface area contributed by atoms with E-state index < -0.39 is 7.82 Å². The van der Waals surface area contributed by atoms with Crippen LogP contribution in [0.2, 0.25) is 0 Å². The average molecular weight is 377 g/mol. The van der Waals surface area contributed by atoms with E-state index in [0.717, 1.165) is 6.42 Å². The normalized spacial score (nSPS) is 10.7. The van der Waals surface area contributed by atoms with Gasteiger partial charge in [0.25, 0.3) is 0 Å². The van der Waals surface area contributed by atoms with Gasteiger partial charge in [-0.1, -0.05) is 39.0 Å². The summed E-state index contributed by atoms with van der Waals surface area (Å²) in [6.07, 6.45) is 7.50. The molecule has 0 saturated heterocycles. The Labute approximate surface area is 144 Å². The Hall–Kier alpha value is -0.0900. The van der Waals surface area contributed by atoms with Crippen molar-refractivity contribution < 1.29 is 39.7 Å². The SMILES string of the molecule is CCCCCCCCO.O=P(O)(O)O.OCCN(CCO)CCO. The maximum absolute atomic E-state index is 8.88. The van der Waals surface area contributed by atoms with Gasteiger partial charge in [-0.05, 0) is 6.42 Å². The number of rotatable bonds is 12.